The molecule has 0 aromatic heterocycles. The molecule has 38 heavy (non-hydrogen) atoms. The standard InChI is InChI=1S/C28H34N4O6/c1-8-32(26(35)22(16-23(29)33)31-27(36)38-28(4,5)6)24(21-15-17(2)9-10-18(21)3)25(34)30-19-11-13-20(37-7)14-12-19/h1,9-15,22,24H,16H2,2-7H3,(H2,29,33)(H,30,34)(H,31,36). The summed E-state index contributed by atoms with van der Waals surface area (Å²) in [6, 6.07) is 11.5. The Bertz CT molecular complexity index is 1230. The molecule has 0 radical (unpaired) electrons. The lowest BCUT2D eigenvalue weighted by molar-refractivity contribution is -0.138. The summed E-state index contributed by atoms with van der Waals surface area (Å²) in [5.41, 5.74) is 6.93. The lowest BCUT2D eigenvalue weighted by atomic mass is 9.96. The first-order valence-electron chi connectivity index (χ1n) is 11.8. The van der Waals surface area contributed by atoms with Crippen molar-refractivity contribution in [2.45, 2.75) is 58.7 Å². The normalized spacial score (nSPS) is 12.3. The number of benzene rings is 2. The predicted octanol–water partition coefficient (Wildman–Crippen LogP) is 3.18. The van der Waals surface area contributed by atoms with Crippen molar-refractivity contribution < 1.29 is 28.7 Å². The maximum absolute atomic E-state index is 13.7. The molecule has 10 heteroatoms. The summed E-state index contributed by atoms with van der Waals surface area (Å²) in [6.45, 7) is 8.55. The highest BCUT2D eigenvalue weighted by atomic mass is 16.6. The smallest absolute Gasteiger partial charge is 0.408 e. The number of hydrogen-bond acceptors (Lipinski definition) is 6. The molecular weight excluding hydrogens is 488 g/mol. The van der Waals surface area contributed by atoms with E-state index in [2.05, 4.69) is 16.7 Å². The van der Waals surface area contributed by atoms with Crippen LogP contribution in [-0.4, -0.2) is 47.5 Å². The number of nitrogens with one attached hydrogen (secondary N) is 2. The average Bonchev–Trinajstić information content (AvgIpc) is 2.82. The predicted molar refractivity (Wildman–Crippen MR) is 143 cm³/mol. The minimum atomic E-state index is -1.47. The highest BCUT2D eigenvalue weighted by Gasteiger charge is 2.37. The number of carbonyl (C=O) groups is 4. The summed E-state index contributed by atoms with van der Waals surface area (Å²) < 4.78 is 10.4. The minimum absolute atomic E-state index is 0.441. The van der Waals surface area contributed by atoms with Crippen molar-refractivity contribution in [1.82, 2.24) is 10.2 Å². The molecule has 0 saturated heterocycles. The first kappa shape index (κ1) is 29.7. The molecular formula is C28H34N4O6. The van der Waals surface area contributed by atoms with E-state index in [1.54, 1.807) is 64.1 Å². The van der Waals surface area contributed by atoms with Crippen molar-refractivity contribution in [3.05, 3.63) is 59.2 Å². The Morgan fingerprint density at radius 3 is 2.24 bits per heavy atom. The van der Waals surface area contributed by atoms with Gasteiger partial charge in [-0.15, -0.1) is 0 Å². The molecule has 0 spiro atoms. The van der Waals surface area contributed by atoms with Gasteiger partial charge in [-0.25, -0.2) is 4.79 Å². The van der Waals surface area contributed by atoms with Crippen molar-refractivity contribution in [3.63, 3.8) is 0 Å². The van der Waals surface area contributed by atoms with Crippen molar-refractivity contribution in [1.29, 1.82) is 0 Å². The van der Waals surface area contributed by atoms with E-state index in [-0.39, 0.29) is 0 Å². The fraction of sp³-hybridized carbons (Fsp3) is 0.357. The van der Waals surface area contributed by atoms with Crippen molar-refractivity contribution in [3.8, 4) is 18.2 Å². The number of aryl methyl sites for hydroxylation is 2. The van der Waals surface area contributed by atoms with Gasteiger partial charge in [0.15, 0.2) is 0 Å². The minimum Gasteiger partial charge on any atom is -0.497 e. The van der Waals surface area contributed by atoms with Crippen LogP contribution in [0.4, 0.5) is 10.5 Å². The summed E-state index contributed by atoms with van der Waals surface area (Å²) in [5.74, 6) is -1.75. The molecule has 0 heterocycles. The number of amides is 4. The first-order chi connectivity index (χ1) is 17.7. The van der Waals surface area contributed by atoms with Gasteiger partial charge in [0.1, 0.15) is 23.4 Å². The summed E-state index contributed by atoms with van der Waals surface area (Å²) in [7, 11) is 1.52. The summed E-state index contributed by atoms with van der Waals surface area (Å²) in [6.07, 6.45) is 4.26. The Labute approximate surface area is 222 Å². The fourth-order valence-electron chi connectivity index (χ4n) is 3.62. The molecule has 2 rings (SSSR count). The number of ether oxygens (including phenoxy) is 2. The van der Waals surface area contributed by atoms with E-state index in [0.29, 0.717) is 22.6 Å². The number of hydrogen-bond donors (Lipinski definition) is 3. The molecule has 4 amide bonds. The van der Waals surface area contributed by atoms with Gasteiger partial charge in [-0.1, -0.05) is 30.2 Å². The van der Waals surface area contributed by atoms with Gasteiger partial charge in [0.25, 0.3) is 11.8 Å². The van der Waals surface area contributed by atoms with Crippen LogP contribution in [0.25, 0.3) is 0 Å². The van der Waals surface area contributed by atoms with Crippen LogP contribution < -0.4 is 21.1 Å². The molecule has 202 valence electrons. The monoisotopic (exact) mass is 522 g/mol. The van der Waals surface area contributed by atoms with Gasteiger partial charge in [-0.05, 0) is 70.0 Å². The van der Waals surface area contributed by atoms with Crippen LogP contribution in [0.5, 0.6) is 5.75 Å². The second-order valence-electron chi connectivity index (χ2n) is 9.69. The van der Waals surface area contributed by atoms with E-state index in [1.165, 1.54) is 7.11 Å². The zero-order valence-electron chi connectivity index (χ0n) is 22.5. The third kappa shape index (κ3) is 8.27. The van der Waals surface area contributed by atoms with E-state index < -0.39 is 47.9 Å². The molecule has 0 aliphatic heterocycles. The Balaban J connectivity index is 2.51. The Kier molecular flexibility index (Phi) is 9.88. The van der Waals surface area contributed by atoms with Gasteiger partial charge in [0.2, 0.25) is 5.91 Å². The second kappa shape index (κ2) is 12.6. The van der Waals surface area contributed by atoms with Crippen molar-refractivity contribution in [2.75, 3.05) is 12.4 Å². The summed E-state index contributed by atoms with van der Waals surface area (Å²) in [4.78, 5) is 52.4. The molecule has 0 saturated carbocycles. The number of methoxy groups -OCH3 is 1. The number of alkyl carbamates (subject to hydrolysis) is 1. The van der Waals surface area contributed by atoms with Crippen LogP contribution in [0.15, 0.2) is 42.5 Å². The van der Waals surface area contributed by atoms with Gasteiger partial charge in [-0.2, -0.15) is 0 Å². The molecule has 2 aromatic carbocycles. The molecule has 0 bridgehead atoms. The van der Waals surface area contributed by atoms with Crippen molar-refractivity contribution >= 4 is 29.5 Å². The zero-order chi connectivity index (χ0) is 28.6. The van der Waals surface area contributed by atoms with E-state index in [9.17, 15) is 19.2 Å². The highest BCUT2D eigenvalue weighted by molar-refractivity contribution is 6.00. The van der Waals surface area contributed by atoms with Crippen LogP contribution in [0.2, 0.25) is 0 Å². The van der Waals surface area contributed by atoms with Crippen molar-refractivity contribution in [2.24, 2.45) is 5.73 Å². The molecule has 2 unspecified atom stereocenters. The fourth-order valence-corrected chi connectivity index (χ4v) is 3.62. The number of carbonyl (C=O) groups excluding carboxylic acids is 4. The lowest BCUT2D eigenvalue weighted by Gasteiger charge is -2.31. The number of primary amides is 1. The quantitative estimate of drug-likeness (QED) is 0.341. The topological polar surface area (TPSA) is 140 Å². The molecule has 4 N–H and O–H groups in total. The highest BCUT2D eigenvalue weighted by Crippen LogP contribution is 2.28. The number of nitrogens with zero attached hydrogens (tertiary/aromatic N) is 1. The Morgan fingerprint density at radius 1 is 1.08 bits per heavy atom. The van der Waals surface area contributed by atoms with Crippen LogP contribution >= 0.6 is 0 Å². The number of rotatable bonds is 9. The third-order valence-electron chi connectivity index (χ3n) is 5.36. The summed E-state index contributed by atoms with van der Waals surface area (Å²) in [5, 5.41) is 5.13. The molecule has 0 fully saturated rings. The van der Waals surface area contributed by atoms with Gasteiger partial charge < -0.3 is 25.8 Å². The van der Waals surface area contributed by atoms with Crippen LogP contribution in [-0.2, 0) is 19.1 Å². The summed E-state index contributed by atoms with van der Waals surface area (Å²) >= 11 is 0. The largest absolute Gasteiger partial charge is 0.497 e. The zero-order valence-corrected chi connectivity index (χ0v) is 22.5. The van der Waals surface area contributed by atoms with Gasteiger partial charge in [-0.3, -0.25) is 19.3 Å². The Hall–Kier alpha value is -4.52. The lowest BCUT2D eigenvalue weighted by Crippen LogP contribution is -2.52. The molecule has 2 aromatic rings. The molecule has 10 nitrogen and oxygen atoms in total. The molecule has 0 aliphatic carbocycles. The maximum atomic E-state index is 13.7. The molecule has 0 aliphatic rings. The van der Waals surface area contributed by atoms with Crippen LogP contribution in [0.3, 0.4) is 0 Å². The first-order valence-corrected chi connectivity index (χ1v) is 11.8. The third-order valence-corrected chi connectivity index (χ3v) is 5.36. The van der Waals surface area contributed by atoms with Crippen LogP contribution in [0, 0.1) is 26.3 Å². The van der Waals surface area contributed by atoms with Gasteiger partial charge >= 0.3 is 6.09 Å². The van der Waals surface area contributed by atoms with Crippen LogP contribution in [0.1, 0.15) is 49.9 Å². The number of terminal acetylenes is 1. The second-order valence-corrected chi connectivity index (χ2v) is 9.69. The van der Waals surface area contributed by atoms with E-state index in [0.717, 1.165) is 10.5 Å². The SMILES string of the molecule is C#CN(C(=O)C(CC(N)=O)NC(=O)OC(C)(C)C)C(C(=O)Nc1ccc(OC)cc1)c1cc(C)ccc1C. The number of nitrogens with two attached hydrogens (primary N) is 1. The average molecular weight is 523 g/mol. The molecule has 2 atom stereocenters. The van der Waals surface area contributed by atoms with E-state index in [1.807, 2.05) is 13.0 Å². The maximum Gasteiger partial charge on any atom is 0.408 e. The van der Waals surface area contributed by atoms with Gasteiger partial charge in [0.05, 0.1) is 13.5 Å². The van der Waals surface area contributed by atoms with E-state index in [4.69, 9.17) is 21.6 Å². The number of anilines is 1. The van der Waals surface area contributed by atoms with Gasteiger partial charge in [0, 0.05) is 11.7 Å². The Morgan fingerprint density at radius 2 is 1.71 bits per heavy atom. The van der Waals surface area contributed by atoms with E-state index >= 15 is 0 Å².